The molecule has 4 nitrogen and oxygen atoms in total. The quantitative estimate of drug-likeness (QED) is 0.316. The number of carbonyl (C=O) groups is 1. The molecule has 1 aliphatic heterocycles. The maximum Gasteiger partial charge on any atom is 0.194 e. The molecular weight excluding hydrogens is 441 g/mol. The van der Waals surface area contributed by atoms with Gasteiger partial charge in [-0.1, -0.05) is 30.7 Å². The molecule has 1 N–H and O–H groups in total. The van der Waals surface area contributed by atoms with E-state index in [1.807, 2.05) is 24.3 Å². The number of ether oxygens (including phenoxy) is 1. The second-order valence-electron chi connectivity index (χ2n) is 9.01. The number of halogens is 1. The van der Waals surface area contributed by atoms with E-state index in [1.54, 1.807) is 42.5 Å². The highest BCUT2D eigenvalue weighted by Crippen LogP contribution is 2.34. The lowest BCUT2D eigenvalue weighted by Gasteiger charge is -2.26. The third kappa shape index (κ3) is 5.20. The van der Waals surface area contributed by atoms with E-state index < -0.39 is 0 Å². The Morgan fingerprint density at radius 3 is 2.49 bits per heavy atom. The van der Waals surface area contributed by atoms with E-state index in [0.717, 1.165) is 30.8 Å². The zero-order valence-electron chi connectivity index (χ0n) is 19.5. The van der Waals surface area contributed by atoms with Crippen molar-refractivity contribution in [3.8, 4) is 22.6 Å². The number of likely N-dealkylation sites (tertiary alicyclic amines) is 1. The summed E-state index contributed by atoms with van der Waals surface area (Å²) in [5, 5.41) is 11.4. The van der Waals surface area contributed by atoms with Crippen LogP contribution in [0.3, 0.4) is 0 Å². The van der Waals surface area contributed by atoms with Crippen molar-refractivity contribution in [1.82, 2.24) is 4.90 Å². The van der Waals surface area contributed by atoms with Crippen molar-refractivity contribution in [2.24, 2.45) is 0 Å². The molecule has 1 heterocycles. The van der Waals surface area contributed by atoms with E-state index in [1.165, 1.54) is 31.4 Å². The van der Waals surface area contributed by atoms with Gasteiger partial charge in [0.2, 0.25) is 0 Å². The van der Waals surface area contributed by atoms with Gasteiger partial charge in [0.25, 0.3) is 0 Å². The smallest absolute Gasteiger partial charge is 0.194 e. The molecule has 178 valence electrons. The molecule has 5 heteroatoms. The Kier molecular flexibility index (Phi) is 6.77. The van der Waals surface area contributed by atoms with Gasteiger partial charge in [0.15, 0.2) is 5.78 Å². The van der Waals surface area contributed by atoms with Crippen molar-refractivity contribution in [3.05, 3.63) is 95.8 Å². The molecule has 0 aliphatic carbocycles. The molecule has 4 aromatic rings. The summed E-state index contributed by atoms with van der Waals surface area (Å²) in [6.45, 7) is 3.78. The first-order valence-electron chi connectivity index (χ1n) is 12.1. The maximum atomic E-state index is 14.0. The second kappa shape index (κ2) is 10.3. The number of fused-ring (bicyclic) bond motifs is 1. The zero-order chi connectivity index (χ0) is 24.2. The number of hydrogen-bond acceptors (Lipinski definition) is 4. The summed E-state index contributed by atoms with van der Waals surface area (Å²) in [6.07, 6.45) is 3.82. The van der Waals surface area contributed by atoms with Gasteiger partial charge in [0.05, 0.1) is 0 Å². The summed E-state index contributed by atoms with van der Waals surface area (Å²) in [4.78, 5) is 16.2. The number of nitrogens with zero attached hydrogens (tertiary/aromatic N) is 1. The van der Waals surface area contributed by atoms with Crippen LogP contribution in [0.4, 0.5) is 4.39 Å². The molecule has 0 atom stereocenters. The normalized spacial score (nSPS) is 14.2. The van der Waals surface area contributed by atoms with Gasteiger partial charge in [-0.05, 0) is 102 Å². The Morgan fingerprint density at radius 2 is 1.71 bits per heavy atom. The fraction of sp³-hybridized carbons (Fsp3) is 0.233. The lowest BCUT2D eigenvalue weighted by molar-refractivity contribution is 0.104. The number of benzene rings is 4. The summed E-state index contributed by atoms with van der Waals surface area (Å²) in [5.74, 6) is 0.324. The highest BCUT2D eigenvalue weighted by Gasteiger charge is 2.19. The van der Waals surface area contributed by atoms with Crippen LogP contribution in [0.25, 0.3) is 21.9 Å². The average molecular weight is 470 g/mol. The van der Waals surface area contributed by atoms with Gasteiger partial charge in [-0.2, -0.15) is 0 Å². The van der Waals surface area contributed by atoms with Gasteiger partial charge in [-0.25, -0.2) is 4.39 Å². The third-order valence-electron chi connectivity index (χ3n) is 6.61. The molecule has 0 radical (unpaired) electrons. The number of ketones is 1. The lowest BCUT2D eigenvalue weighted by atomic mass is 9.89. The van der Waals surface area contributed by atoms with Crippen molar-refractivity contribution in [3.63, 3.8) is 0 Å². The van der Waals surface area contributed by atoms with Crippen molar-refractivity contribution >= 4 is 16.6 Å². The Labute approximate surface area is 204 Å². The van der Waals surface area contributed by atoms with Crippen LogP contribution in [0.1, 0.15) is 35.2 Å². The molecule has 1 aliphatic rings. The monoisotopic (exact) mass is 469 g/mol. The van der Waals surface area contributed by atoms with Crippen molar-refractivity contribution in [1.29, 1.82) is 0 Å². The van der Waals surface area contributed by atoms with Gasteiger partial charge in [0.1, 0.15) is 23.9 Å². The minimum absolute atomic E-state index is 0.125. The fourth-order valence-corrected chi connectivity index (χ4v) is 4.78. The van der Waals surface area contributed by atoms with Crippen LogP contribution in [0.5, 0.6) is 11.5 Å². The Balaban J connectivity index is 1.43. The van der Waals surface area contributed by atoms with Crippen LogP contribution >= 0.6 is 0 Å². The Hall–Kier alpha value is -3.70. The predicted molar refractivity (Wildman–Crippen MR) is 137 cm³/mol. The number of rotatable bonds is 7. The molecule has 0 spiro atoms. The zero-order valence-corrected chi connectivity index (χ0v) is 19.5. The maximum absolute atomic E-state index is 14.0. The fourth-order valence-electron chi connectivity index (χ4n) is 4.78. The predicted octanol–water partition coefficient (Wildman–Crippen LogP) is 6.45. The number of phenols is 1. The molecule has 0 unspecified atom stereocenters. The summed E-state index contributed by atoms with van der Waals surface area (Å²) in [5.41, 5.74) is 2.27. The lowest BCUT2D eigenvalue weighted by Crippen LogP contribution is -2.33. The van der Waals surface area contributed by atoms with E-state index in [-0.39, 0.29) is 17.3 Å². The topological polar surface area (TPSA) is 49.8 Å². The van der Waals surface area contributed by atoms with Crippen LogP contribution in [-0.2, 0) is 0 Å². The molecule has 5 rings (SSSR count). The molecule has 35 heavy (non-hydrogen) atoms. The second-order valence-corrected chi connectivity index (χ2v) is 9.01. The molecule has 0 amide bonds. The van der Waals surface area contributed by atoms with Gasteiger partial charge in [-0.15, -0.1) is 0 Å². The van der Waals surface area contributed by atoms with Crippen LogP contribution in [-0.4, -0.2) is 42.0 Å². The molecular formula is C30H28FNO3. The number of carbonyl (C=O) groups excluding carboxylic acids is 1. The van der Waals surface area contributed by atoms with Gasteiger partial charge in [-0.3, -0.25) is 9.69 Å². The van der Waals surface area contributed by atoms with E-state index in [2.05, 4.69) is 4.90 Å². The summed E-state index contributed by atoms with van der Waals surface area (Å²) >= 11 is 0. The van der Waals surface area contributed by atoms with Crippen LogP contribution in [0.2, 0.25) is 0 Å². The number of phenolic OH excluding ortho intramolecular Hbond substituents is 1. The number of aromatic hydroxyl groups is 1. The summed E-state index contributed by atoms with van der Waals surface area (Å²) < 4.78 is 19.9. The van der Waals surface area contributed by atoms with Gasteiger partial charge >= 0.3 is 0 Å². The van der Waals surface area contributed by atoms with Gasteiger partial charge < -0.3 is 9.84 Å². The highest BCUT2D eigenvalue weighted by molar-refractivity contribution is 6.20. The summed E-state index contributed by atoms with van der Waals surface area (Å²) in [7, 11) is 0. The third-order valence-corrected chi connectivity index (χ3v) is 6.61. The molecule has 1 fully saturated rings. The van der Waals surface area contributed by atoms with E-state index >= 15 is 0 Å². The van der Waals surface area contributed by atoms with Crippen LogP contribution < -0.4 is 4.74 Å². The van der Waals surface area contributed by atoms with Crippen molar-refractivity contribution in [2.75, 3.05) is 26.2 Å². The van der Waals surface area contributed by atoms with E-state index in [4.69, 9.17) is 4.74 Å². The minimum atomic E-state index is -0.363. The molecule has 1 saturated heterocycles. The first-order valence-corrected chi connectivity index (χ1v) is 12.1. The minimum Gasteiger partial charge on any atom is -0.508 e. The first kappa shape index (κ1) is 23.1. The Bertz CT molecular complexity index is 1340. The van der Waals surface area contributed by atoms with Crippen LogP contribution in [0.15, 0.2) is 78.9 Å². The largest absolute Gasteiger partial charge is 0.508 e. The standard InChI is InChI=1S/C30H28FNO3/c31-24-6-4-5-22(19-24)27-13-9-23-20-25(33)10-14-28(23)29(27)30(34)21-7-11-26(12-8-21)35-18-17-32-15-2-1-3-16-32/h4-14,19-20,33H,1-3,15-18H2. The number of hydrogen-bond donors (Lipinski definition) is 1. The molecule has 0 saturated carbocycles. The highest BCUT2D eigenvalue weighted by atomic mass is 19.1. The summed E-state index contributed by atoms with van der Waals surface area (Å²) in [6, 6.07) is 22.0. The van der Waals surface area contributed by atoms with E-state index in [9.17, 15) is 14.3 Å². The van der Waals surface area contributed by atoms with Crippen molar-refractivity contribution < 1.29 is 19.0 Å². The van der Waals surface area contributed by atoms with Gasteiger partial charge in [0, 0.05) is 17.7 Å². The Morgan fingerprint density at radius 1 is 0.914 bits per heavy atom. The van der Waals surface area contributed by atoms with Crippen LogP contribution in [0, 0.1) is 5.82 Å². The molecule has 0 bridgehead atoms. The average Bonchev–Trinajstić information content (AvgIpc) is 2.88. The SMILES string of the molecule is O=C(c1ccc(OCCN2CCCCC2)cc1)c1c(-c2cccc(F)c2)ccc2cc(O)ccc12. The number of piperidine rings is 1. The van der Waals surface area contributed by atoms with Crippen molar-refractivity contribution in [2.45, 2.75) is 19.3 Å². The molecule has 0 aromatic heterocycles. The van der Waals surface area contributed by atoms with E-state index in [0.29, 0.717) is 34.2 Å². The molecule has 4 aromatic carbocycles. The first-order chi connectivity index (χ1) is 17.1.